The number of rotatable bonds is 5. The van der Waals surface area contributed by atoms with Crippen molar-refractivity contribution < 1.29 is 25.2 Å². The van der Waals surface area contributed by atoms with Crippen molar-refractivity contribution in [3.05, 3.63) is 42.5 Å². The maximum atomic E-state index is 10.2. The van der Waals surface area contributed by atoms with Gasteiger partial charge in [0.2, 0.25) is 0 Å². The quantitative estimate of drug-likeness (QED) is 0.409. The Morgan fingerprint density at radius 2 is 1.85 bits per heavy atom. The molecule has 4 rings (SSSR count). The fraction of sp³-hybridized carbons (Fsp3) is 0.353. The number of fused-ring (bicyclic) bond motifs is 1. The fourth-order valence-electron chi connectivity index (χ4n) is 3.08. The van der Waals surface area contributed by atoms with Crippen LogP contribution in [-0.2, 0) is 11.3 Å². The van der Waals surface area contributed by atoms with E-state index >= 15 is 0 Å². The molecular weight excluding hydrogens is 354 g/mol. The molecule has 4 atom stereocenters. The summed E-state index contributed by atoms with van der Waals surface area (Å²) in [6, 6.07) is 6.78. The van der Waals surface area contributed by atoms with Gasteiger partial charge in [0.25, 0.3) is 0 Å². The van der Waals surface area contributed by atoms with Crippen LogP contribution >= 0.6 is 0 Å². The topological polar surface area (TPSA) is 146 Å². The predicted molar refractivity (Wildman–Crippen MR) is 93.8 cm³/mol. The molecule has 3 heterocycles. The molecule has 0 saturated carbocycles. The number of aromatic hydroxyl groups is 1. The van der Waals surface area contributed by atoms with Gasteiger partial charge in [0, 0.05) is 6.54 Å². The average molecular weight is 373 g/mol. The molecule has 1 aliphatic heterocycles. The third kappa shape index (κ3) is 3.19. The second kappa shape index (κ2) is 7.08. The number of phenols is 1. The number of nitrogens with one attached hydrogen (secondary N) is 1. The molecule has 2 aromatic heterocycles. The van der Waals surface area contributed by atoms with Gasteiger partial charge in [0.05, 0.1) is 12.9 Å². The Kier molecular flexibility index (Phi) is 4.62. The second-order valence-corrected chi connectivity index (χ2v) is 6.30. The van der Waals surface area contributed by atoms with E-state index in [4.69, 9.17) is 4.74 Å². The molecule has 1 aliphatic rings. The maximum Gasteiger partial charge on any atom is 0.167 e. The normalized spacial score (nSPS) is 25.1. The number of aliphatic hydroxyl groups is 3. The van der Waals surface area contributed by atoms with Crippen LogP contribution in [0, 0.1) is 0 Å². The van der Waals surface area contributed by atoms with Gasteiger partial charge in [-0.2, -0.15) is 0 Å². The Morgan fingerprint density at radius 1 is 1.07 bits per heavy atom. The lowest BCUT2D eigenvalue weighted by Gasteiger charge is -2.16. The van der Waals surface area contributed by atoms with Crippen molar-refractivity contribution in [2.24, 2.45) is 0 Å². The molecule has 10 nitrogen and oxygen atoms in total. The Hall–Kier alpha value is -2.79. The first-order valence-corrected chi connectivity index (χ1v) is 8.40. The number of benzene rings is 1. The lowest BCUT2D eigenvalue weighted by atomic mass is 10.1. The number of anilines is 1. The first kappa shape index (κ1) is 17.6. The zero-order valence-electron chi connectivity index (χ0n) is 14.2. The minimum Gasteiger partial charge on any atom is -0.508 e. The van der Waals surface area contributed by atoms with Gasteiger partial charge in [-0.05, 0) is 17.7 Å². The number of imidazole rings is 1. The van der Waals surface area contributed by atoms with Crippen LogP contribution in [0.3, 0.4) is 0 Å². The van der Waals surface area contributed by atoms with Crippen molar-refractivity contribution in [1.29, 1.82) is 0 Å². The van der Waals surface area contributed by atoms with Crippen LogP contribution < -0.4 is 5.32 Å². The van der Waals surface area contributed by atoms with E-state index in [-0.39, 0.29) is 5.75 Å². The predicted octanol–water partition coefficient (Wildman–Crippen LogP) is -0.245. The Labute approximate surface area is 153 Å². The van der Waals surface area contributed by atoms with Gasteiger partial charge >= 0.3 is 0 Å². The molecule has 0 bridgehead atoms. The van der Waals surface area contributed by atoms with E-state index in [9.17, 15) is 20.4 Å². The largest absolute Gasteiger partial charge is 0.508 e. The van der Waals surface area contributed by atoms with Crippen molar-refractivity contribution in [3.8, 4) is 5.75 Å². The molecule has 142 valence electrons. The van der Waals surface area contributed by atoms with E-state index in [1.165, 1.54) is 17.2 Å². The number of aliphatic hydroxyl groups excluding tert-OH is 3. The zero-order valence-corrected chi connectivity index (χ0v) is 14.2. The molecular formula is C17H19N5O5. The van der Waals surface area contributed by atoms with Crippen LogP contribution in [0.15, 0.2) is 36.9 Å². The molecule has 1 fully saturated rings. The molecule has 1 unspecified atom stereocenters. The third-order valence-electron chi connectivity index (χ3n) is 4.55. The van der Waals surface area contributed by atoms with E-state index in [0.717, 1.165) is 5.56 Å². The van der Waals surface area contributed by atoms with Crippen molar-refractivity contribution in [2.75, 3.05) is 11.9 Å². The van der Waals surface area contributed by atoms with Crippen LogP contribution in [0.2, 0.25) is 0 Å². The summed E-state index contributed by atoms with van der Waals surface area (Å²) in [5.41, 5.74) is 1.85. The molecule has 10 heteroatoms. The van der Waals surface area contributed by atoms with Gasteiger partial charge in [-0.25, -0.2) is 15.0 Å². The van der Waals surface area contributed by atoms with Gasteiger partial charge < -0.3 is 30.5 Å². The van der Waals surface area contributed by atoms with E-state index in [0.29, 0.717) is 23.5 Å². The molecule has 0 aliphatic carbocycles. The van der Waals surface area contributed by atoms with Gasteiger partial charge in [0.15, 0.2) is 23.2 Å². The number of ether oxygens (including phenoxy) is 1. The van der Waals surface area contributed by atoms with Gasteiger partial charge in [-0.1, -0.05) is 12.1 Å². The molecule has 0 radical (unpaired) electrons. The van der Waals surface area contributed by atoms with Crippen LogP contribution in [0.4, 0.5) is 5.82 Å². The Bertz CT molecular complexity index is 931. The summed E-state index contributed by atoms with van der Waals surface area (Å²) in [7, 11) is 0. The van der Waals surface area contributed by atoms with E-state index in [2.05, 4.69) is 20.3 Å². The zero-order chi connectivity index (χ0) is 19.0. The molecule has 5 N–H and O–H groups in total. The summed E-state index contributed by atoms with van der Waals surface area (Å²) in [6.45, 7) is 0.0584. The summed E-state index contributed by atoms with van der Waals surface area (Å²) in [5, 5.41) is 41.9. The number of hydrogen-bond acceptors (Lipinski definition) is 9. The second-order valence-electron chi connectivity index (χ2n) is 6.30. The molecule has 27 heavy (non-hydrogen) atoms. The summed E-state index contributed by atoms with van der Waals surface area (Å²) in [4.78, 5) is 12.7. The first-order chi connectivity index (χ1) is 13.1. The van der Waals surface area contributed by atoms with Gasteiger partial charge in [-0.15, -0.1) is 0 Å². The number of hydrogen-bond donors (Lipinski definition) is 5. The van der Waals surface area contributed by atoms with Crippen molar-refractivity contribution in [2.45, 2.75) is 31.1 Å². The summed E-state index contributed by atoms with van der Waals surface area (Å²) in [6.07, 6.45) is -1.40. The van der Waals surface area contributed by atoms with Crippen molar-refractivity contribution >= 4 is 17.0 Å². The molecule has 0 amide bonds. The summed E-state index contributed by atoms with van der Waals surface area (Å²) in [5.74, 6) is 0.694. The Balaban J connectivity index is 1.59. The van der Waals surface area contributed by atoms with E-state index in [1.807, 2.05) is 0 Å². The molecule has 1 aromatic carbocycles. The maximum absolute atomic E-state index is 10.2. The number of aromatic nitrogens is 4. The van der Waals surface area contributed by atoms with Gasteiger partial charge in [0.1, 0.15) is 30.4 Å². The standard InChI is InChI=1S/C17H19N5O5/c23-6-11-13(25)14(26)17(27-11)22-8-21-12-15(19-7-20-16(12)22)18-5-9-1-3-10(24)4-2-9/h1-4,7-8,11,13-14,17,23-26H,5-6H2,(H,18,19,20)/t11-,13+,14?,17-/m1/s1. The highest BCUT2D eigenvalue weighted by molar-refractivity contribution is 5.82. The SMILES string of the molecule is OC[C@H]1O[C@@H](n2cnc3c(NCc4ccc(O)cc4)ncnc32)C(O)[C@H]1O. The molecule has 1 saturated heterocycles. The van der Waals surface area contributed by atoms with Crippen molar-refractivity contribution in [1.82, 2.24) is 19.5 Å². The fourth-order valence-corrected chi connectivity index (χ4v) is 3.08. The molecule has 3 aromatic rings. The summed E-state index contributed by atoms with van der Waals surface area (Å²) >= 11 is 0. The van der Waals surface area contributed by atoms with Crippen LogP contribution in [0.1, 0.15) is 11.8 Å². The number of nitrogens with zero attached hydrogens (tertiary/aromatic N) is 4. The van der Waals surface area contributed by atoms with E-state index in [1.54, 1.807) is 24.3 Å². The average Bonchev–Trinajstić information content (AvgIpc) is 3.23. The summed E-state index contributed by atoms with van der Waals surface area (Å²) < 4.78 is 7.04. The smallest absolute Gasteiger partial charge is 0.167 e. The monoisotopic (exact) mass is 373 g/mol. The Morgan fingerprint density at radius 3 is 2.56 bits per heavy atom. The van der Waals surface area contributed by atoms with Crippen LogP contribution in [-0.4, -0.2) is 64.9 Å². The van der Waals surface area contributed by atoms with E-state index < -0.39 is 31.1 Å². The third-order valence-corrected chi connectivity index (χ3v) is 4.55. The molecule has 0 spiro atoms. The van der Waals surface area contributed by atoms with Gasteiger partial charge in [-0.3, -0.25) is 4.57 Å². The lowest BCUT2D eigenvalue weighted by Crippen LogP contribution is -2.33. The minimum atomic E-state index is -1.22. The lowest BCUT2D eigenvalue weighted by molar-refractivity contribution is -0.0511. The highest BCUT2D eigenvalue weighted by Crippen LogP contribution is 2.32. The first-order valence-electron chi connectivity index (χ1n) is 8.40. The van der Waals surface area contributed by atoms with Crippen molar-refractivity contribution in [3.63, 3.8) is 0 Å². The number of phenolic OH excluding ortho intramolecular Hbond substituents is 1. The highest BCUT2D eigenvalue weighted by Gasteiger charge is 2.44. The minimum absolute atomic E-state index is 0.195. The van der Waals surface area contributed by atoms with Crippen LogP contribution in [0.5, 0.6) is 5.75 Å². The van der Waals surface area contributed by atoms with Crippen LogP contribution in [0.25, 0.3) is 11.2 Å². The highest BCUT2D eigenvalue weighted by atomic mass is 16.6.